The molecule has 0 saturated heterocycles. The fourth-order valence-corrected chi connectivity index (χ4v) is 1.65. The van der Waals surface area contributed by atoms with Crippen molar-refractivity contribution in [2.45, 2.75) is 6.54 Å². The Morgan fingerprint density at radius 2 is 2.37 bits per heavy atom. The van der Waals surface area contributed by atoms with Crippen molar-refractivity contribution in [2.24, 2.45) is 0 Å². The van der Waals surface area contributed by atoms with Gasteiger partial charge in [-0.15, -0.1) is 0 Å². The number of rotatable bonds is 4. The summed E-state index contributed by atoms with van der Waals surface area (Å²) in [5.41, 5.74) is 1.80. The molecule has 2 heterocycles. The number of fused-ring (bicyclic) bond motifs is 1. The molecule has 0 amide bonds. The quantitative estimate of drug-likeness (QED) is 0.548. The Bertz CT molecular complexity index is 719. The van der Waals surface area contributed by atoms with E-state index < -0.39 is 4.92 Å². The molecule has 0 saturated carbocycles. The van der Waals surface area contributed by atoms with Crippen LogP contribution in [0.5, 0.6) is 0 Å². The summed E-state index contributed by atoms with van der Waals surface area (Å²) in [6, 6.07) is 4.61. The highest BCUT2D eigenvalue weighted by molar-refractivity contribution is 5.77. The van der Waals surface area contributed by atoms with Crippen molar-refractivity contribution >= 4 is 22.8 Å². The molecule has 0 aliphatic carbocycles. The van der Waals surface area contributed by atoms with Gasteiger partial charge in [0.05, 0.1) is 29.6 Å². The molecule has 0 fully saturated rings. The van der Waals surface area contributed by atoms with Gasteiger partial charge in [-0.1, -0.05) is 0 Å². The summed E-state index contributed by atoms with van der Waals surface area (Å²) >= 11 is 0. The molecule has 2 aromatic heterocycles. The number of hydrogen-bond donors (Lipinski definition) is 2. The van der Waals surface area contributed by atoms with E-state index in [-0.39, 0.29) is 5.69 Å². The van der Waals surface area contributed by atoms with Gasteiger partial charge in [-0.2, -0.15) is 4.98 Å². The van der Waals surface area contributed by atoms with Crippen LogP contribution < -0.4 is 5.32 Å². The van der Waals surface area contributed by atoms with Crippen molar-refractivity contribution in [3.63, 3.8) is 0 Å². The first-order valence-corrected chi connectivity index (χ1v) is 5.48. The van der Waals surface area contributed by atoms with Gasteiger partial charge in [0, 0.05) is 12.3 Å². The van der Waals surface area contributed by atoms with E-state index in [1.54, 1.807) is 18.6 Å². The van der Waals surface area contributed by atoms with E-state index in [9.17, 15) is 10.1 Å². The molecule has 19 heavy (non-hydrogen) atoms. The normalized spacial score (nSPS) is 10.7. The number of benzene rings is 1. The average molecular weight is 259 g/mol. The lowest BCUT2D eigenvalue weighted by atomic mass is 10.3. The van der Waals surface area contributed by atoms with E-state index in [0.29, 0.717) is 23.7 Å². The fourth-order valence-electron chi connectivity index (χ4n) is 1.65. The summed E-state index contributed by atoms with van der Waals surface area (Å²) in [6.45, 7) is 0.481. The minimum atomic E-state index is -0.473. The van der Waals surface area contributed by atoms with Gasteiger partial charge >= 0.3 is 0 Å². The van der Waals surface area contributed by atoms with E-state index >= 15 is 0 Å². The molecule has 8 nitrogen and oxygen atoms in total. The van der Waals surface area contributed by atoms with Crippen LogP contribution in [-0.4, -0.2) is 19.9 Å². The Hall–Kier alpha value is -2.90. The number of nitro benzene ring substituents is 1. The zero-order valence-electron chi connectivity index (χ0n) is 9.66. The van der Waals surface area contributed by atoms with Crippen LogP contribution in [0.1, 0.15) is 5.69 Å². The lowest BCUT2D eigenvalue weighted by molar-refractivity contribution is -0.384. The maximum atomic E-state index is 10.6. The van der Waals surface area contributed by atoms with Gasteiger partial charge in [-0.3, -0.25) is 10.1 Å². The zero-order valence-corrected chi connectivity index (χ0v) is 9.66. The summed E-state index contributed by atoms with van der Waals surface area (Å²) < 4.78 is 5.40. The number of non-ortho nitro benzene ring substituents is 1. The van der Waals surface area contributed by atoms with Crippen molar-refractivity contribution in [3.8, 4) is 0 Å². The summed E-state index contributed by atoms with van der Waals surface area (Å²) in [4.78, 5) is 21.2. The Labute approximate surface area is 106 Å². The van der Waals surface area contributed by atoms with Crippen LogP contribution in [0.15, 0.2) is 35.1 Å². The third kappa shape index (κ3) is 2.23. The standard InChI is InChI=1S/C11H9N5O3/c17-16(18)8-1-2-9-10(3-8)19-11(15-9)13-5-7-4-12-6-14-7/h1-4,6H,5H2,(H,12,14)(H,13,15). The van der Waals surface area contributed by atoms with Gasteiger partial charge in [-0.05, 0) is 6.07 Å². The first-order valence-electron chi connectivity index (χ1n) is 5.48. The highest BCUT2D eigenvalue weighted by atomic mass is 16.6. The number of aromatic amines is 1. The second-order valence-corrected chi connectivity index (χ2v) is 3.86. The summed E-state index contributed by atoms with van der Waals surface area (Å²) in [5.74, 6) is 0. The van der Waals surface area contributed by atoms with Crippen LogP contribution >= 0.6 is 0 Å². The van der Waals surface area contributed by atoms with Gasteiger partial charge in [0.15, 0.2) is 5.58 Å². The number of nitrogens with one attached hydrogen (secondary N) is 2. The minimum Gasteiger partial charge on any atom is -0.423 e. The molecular formula is C11H9N5O3. The molecule has 0 radical (unpaired) electrons. The van der Waals surface area contributed by atoms with Crippen molar-refractivity contribution < 1.29 is 9.34 Å². The van der Waals surface area contributed by atoms with Gasteiger partial charge in [-0.25, -0.2) is 4.98 Å². The van der Waals surface area contributed by atoms with Crippen LogP contribution in [-0.2, 0) is 6.54 Å². The number of nitrogens with zero attached hydrogens (tertiary/aromatic N) is 3. The molecule has 3 rings (SSSR count). The summed E-state index contributed by atoms with van der Waals surface area (Å²) in [6.07, 6.45) is 3.26. The molecule has 3 aromatic rings. The number of hydrogen-bond acceptors (Lipinski definition) is 6. The third-order valence-electron chi connectivity index (χ3n) is 2.57. The molecule has 96 valence electrons. The Morgan fingerprint density at radius 1 is 1.47 bits per heavy atom. The average Bonchev–Trinajstić information content (AvgIpc) is 3.04. The molecule has 0 spiro atoms. The lowest BCUT2D eigenvalue weighted by Crippen LogP contribution is -1.99. The molecule has 0 atom stereocenters. The van der Waals surface area contributed by atoms with Gasteiger partial charge in [0.1, 0.15) is 5.52 Å². The Morgan fingerprint density at radius 3 is 3.11 bits per heavy atom. The molecule has 0 aliphatic rings. The van der Waals surface area contributed by atoms with E-state index in [1.165, 1.54) is 12.1 Å². The predicted octanol–water partition coefficient (Wildman–Crippen LogP) is 2.07. The molecule has 2 N–H and O–H groups in total. The number of oxazole rings is 1. The van der Waals surface area contributed by atoms with E-state index in [2.05, 4.69) is 20.3 Å². The monoisotopic (exact) mass is 259 g/mol. The first kappa shape index (κ1) is 11.2. The van der Waals surface area contributed by atoms with E-state index in [4.69, 9.17) is 4.42 Å². The zero-order chi connectivity index (χ0) is 13.2. The van der Waals surface area contributed by atoms with Crippen LogP contribution in [0.4, 0.5) is 11.7 Å². The molecule has 8 heteroatoms. The Kier molecular flexibility index (Phi) is 2.60. The number of aromatic nitrogens is 3. The molecule has 0 bridgehead atoms. The highest BCUT2D eigenvalue weighted by Crippen LogP contribution is 2.23. The number of imidazole rings is 1. The topological polar surface area (TPSA) is 110 Å². The number of nitro groups is 1. The van der Waals surface area contributed by atoms with Crippen molar-refractivity contribution in [2.75, 3.05) is 5.32 Å². The molecule has 1 aromatic carbocycles. The van der Waals surface area contributed by atoms with Crippen LogP contribution in [0.2, 0.25) is 0 Å². The number of anilines is 1. The summed E-state index contributed by atoms with van der Waals surface area (Å²) in [7, 11) is 0. The maximum absolute atomic E-state index is 10.6. The smallest absolute Gasteiger partial charge is 0.296 e. The molecule has 0 unspecified atom stereocenters. The van der Waals surface area contributed by atoms with Crippen LogP contribution in [0, 0.1) is 10.1 Å². The van der Waals surface area contributed by atoms with Crippen molar-refractivity contribution in [1.82, 2.24) is 15.0 Å². The van der Waals surface area contributed by atoms with Crippen LogP contribution in [0.3, 0.4) is 0 Å². The SMILES string of the molecule is O=[N+]([O-])c1ccc2nc(NCc3cnc[nH]3)oc2c1. The molecular weight excluding hydrogens is 250 g/mol. The second-order valence-electron chi connectivity index (χ2n) is 3.86. The van der Waals surface area contributed by atoms with E-state index in [0.717, 1.165) is 5.69 Å². The van der Waals surface area contributed by atoms with Crippen molar-refractivity contribution in [3.05, 3.63) is 46.5 Å². The number of H-pyrrole nitrogens is 1. The minimum absolute atomic E-state index is 0.0243. The lowest BCUT2D eigenvalue weighted by Gasteiger charge is -1.97. The van der Waals surface area contributed by atoms with Gasteiger partial charge in [0.2, 0.25) is 0 Å². The van der Waals surface area contributed by atoms with Gasteiger partial charge < -0.3 is 14.7 Å². The van der Waals surface area contributed by atoms with Crippen molar-refractivity contribution in [1.29, 1.82) is 0 Å². The largest absolute Gasteiger partial charge is 0.423 e. The summed E-state index contributed by atoms with van der Waals surface area (Å²) in [5, 5.41) is 13.6. The third-order valence-corrected chi connectivity index (χ3v) is 2.57. The van der Waals surface area contributed by atoms with E-state index in [1.807, 2.05) is 0 Å². The maximum Gasteiger partial charge on any atom is 0.296 e. The van der Waals surface area contributed by atoms with Crippen LogP contribution in [0.25, 0.3) is 11.1 Å². The fraction of sp³-hybridized carbons (Fsp3) is 0.0909. The Balaban J connectivity index is 1.83. The first-order chi connectivity index (χ1) is 9.22. The predicted molar refractivity (Wildman–Crippen MR) is 66.6 cm³/mol. The highest BCUT2D eigenvalue weighted by Gasteiger charge is 2.11. The second kappa shape index (κ2) is 4.41. The molecule has 0 aliphatic heterocycles. The van der Waals surface area contributed by atoms with Gasteiger partial charge in [0.25, 0.3) is 11.7 Å².